The summed E-state index contributed by atoms with van der Waals surface area (Å²) in [4.78, 5) is 19.5. The molecule has 9 heteroatoms. The molecule has 1 unspecified atom stereocenters. The summed E-state index contributed by atoms with van der Waals surface area (Å²) in [5.74, 6) is 2.56. The van der Waals surface area contributed by atoms with Gasteiger partial charge in [0.15, 0.2) is 11.5 Å². The number of amides is 2. The summed E-state index contributed by atoms with van der Waals surface area (Å²) in [5, 5.41) is 7.94. The Bertz CT molecular complexity index is 1250. The first-order valence-corrected chi connectivity index (χ1v) is 11.6. The lowest BCUT2D eigenvalue weighted by molar-refractivity contribution is 0.174. The number of nitrogens with zero attached hydrogens (tertiary/aromatic N) is 3. The van der Waals surface area contributed by atoms with Gasteiger partial charge in [-0.25, -0.2) is 4.79 Å². The fourth-order valence-corrected chi connectivity index (χ4v) is 4.23. The Morgan fingerprint density at radius 1 is 1.15 bits per heavy atom. The fraction of sp³-hybridized carbons (Fsp3) is 0.320. The van der Waals surface area contributed by atoms with E-state index in [9.17, 15) is 4.79 Å². The molecule has 5 rings (SSSR count). The fourth-order valence-electron chi connectivity index (χ4n) is 4.11. The van der Waals surface area contributed by atoms with Crippen LogP contribution in [0.3, 0.4) is 0 Å². The number of allylic oxidation sites excluding steroid dienone is 1. The van der Waals surface area contributed by atoms with Crippen LogP contribution in [0, 0.1) is 5.92 Å². The van der Waals surface area contributed by atoms with Crippen LogP contribution in [0.2, 0.25) is 5.02 Å². The average molecular weight is 481 g/mol. The van der Waals surface area contributed by atoms with Crippen molar-refractivity contribution in [2.75, 3.05) is 13.3 Å². The van der Waals surface area contributed by atoms with Crippen LogP contribution in [0.15, 0.2) is 52.7 Å². The highest BCUT2D eigenvalue weighted by Gasteiger charge is 2.35. The molecular weight excluding hydrogens is 456 g/mol. The number of hydrogen-bond acceptors (Lipinski definition) is 6. The number of aromatic nitrogens is 2. The molecule has 3 aromatic rings. The molecule has 2 aliphatic rings. The number of urea groups is 1. The molecule has 0 spiro atoms. The van der Waals surface area contributed by atoms with Crippen molar-refractivity contribution in [3.63, 3.8) is 0 Å². The van der Waals surface area contributed by atoms with Gasteiger partial charge in [-0.3, -0.25) is 4.90 Å². The van der Waals surface area contributed by atoms with Gasteiger partial charge < -0.3 is 19.3 Å². The van der Waals surface area contributed by atoms with E-state index < -0.39 is 6.04 Å². The summed E-state index contributed by atoms with van der Waals surface area (Å²) < 4.78 is 16.6. The minimum atomic E-state index is -0.454. The first-order valence-electron chi connectivity index (χ1n) is 11.2. The Labute approximate surface area is 202 Å². The second kappa shape index (κ2) is 9.02. The number of carbonyl (C=O) groups is 1. The molecule has 0 aliphatic carbocycles. The predicted octanol–water partition coefficient (Wildman–Crippen LogP) is 5.66. The van der Waals surface area contributed by atoms with Crippen LogP contribution in [0.25, 0.3) is 17.0 Å². The van der Waals surface area contributed by atoms with Gasteiger partial charge in [0.1, 0.15) is 0 Å². The Morgan fingerprint density at radius 3 is 2.68 bits per heavy atom. The third-order valence-electron chi connectivity index (χ3n) is 6.02. The monoisotopic (exact) mass is 480 g/mol. The molecule has 0 saturated heterocycles. The lowest BCUT2D eigenvalue weighted by Crippen LogP contribution is -2.46. The van der Waals surface area contributed by atoms with Gasteiger partial charge in [-0.2, -0.15) is 4.98 Å². The van der Waals surface area contributed by atoms with Crippen molar-refractivity contribution >= 4 is 23.2 Å². The first kappa shape index (κ1) is 22.3. The Morgan fingerprint density at radius 2 is 1.91 bits per heavy atom. The molecule has 1 atom stereocenters. The highest BCUT2D eigenvalue weighted by Crippen LogP contribution is 2.39. The summed E-state index contributed by atoms with van der Waals surface area (Å²) in [6.45, 7) is 6.97. The molecule has 8 nitrogen and oxygen atoms in total. The third kappa shape index (κ3) is 4.21. The number of carbonyl (C=O) groups excluding carboxylic acids is 1. The van der Waals surface area contributed by atoms with Crippen molar-refractivity contribution in [3.05, 3.63) is 64.6 Å². The van der Waals surface area contributed by atoms with E-state index in [-0.39, 0.29) is 12.8 Å². The number of ether oxygens (including phenoxy) is 2. The van der Waals surface area contributed by atoms with E-state index in [1.54, 1.807) is 17.0 Å². The smallest absolute Gasteiger partial charge is 0.322 e. The maximum Gasteiger partial charge on any atom is 0.322 e. The maximum absolute atomic E-state index is 13.0. The van der Waals surface area contributed by atoms with E-state index in [1.807, 2.05) is 37.3 Å². The lowest BCUT2D eigenvalue weighted by atomic mass is 9.94. The summed E-state index contributed by atoms with van der Waals surface area (Å²) in [6, 6.07) is 12.3. The molecule has 0 saturated carbocycles. The van der Waals surface area contributed by atoms with E-state index in [1.165, 1.54) is 0 Å². The van der Waals surface area contributed by atoms with Crippen molar-refractivity contribution in [1.82, 2.24) is 20.4 Å². The molecular formula is C25H25ClN4O4. The van der Waals surface area contributed by atoms with E-state index >= 15 is 0 Å². The number of hydrogen-bond donors (Lipinski definition) is 1. The second-order valence-electron chi connectivity index (χ2n) is 8.76. The number of fused-ring (bicyclic) bond motifs is 1. The van der Waals surface area contributed by atoms with Crippen LogP contribution in [0.1, 0.15) is 44.7 Å². The maximum atomic E-state index is 13.0. The molecule has 2 aliphatic heterocycles. The van der Waals surface area contributed by atoms with Crippen molar-refractivity contribution in [1.29, 1.82) is 0 Å². The summed E-state index contributed by atoms with van der Waals surface area (Å²) in [6.07, 6.45) is 0.871. The van der Waals surface area contributed by atoms with Gasteiger partial charge in [-0.05, 0) is 55.2 Å². The zero-order valence-electron chi connectivity index (χ0n) is 19.2. The molecule has 1 N–H and O–H groups in total. The van der Waals surface area contributed by atoms with E-state index in [2.05, 4.69) is 24.3 Å². The lowest BCUT2D eigenvalue weighted by Gasteiger charge is -2.35. The highest BCUT2D eigenvalue weighted by atomic mass is 35.5. The minimum absolute atomic E-state index is 0.155. The highest BCUT2D eigenvalue weighted by molar-refractivity contribution is 6.30. The Balaban J connectivity index is 1.55. The molecule has 2 amide bonds. The summed E-state index contributed by atoms with van der Waals surface area (Å²) in [5.41, 5.74) is 3.16. The minimum Gasteiger partial charge on any atom is -0.454 e. The van der Waals surface area contributed by atoms with Gasteiger partial charge in [-0.1, -0.05) is 42.7 Å². The topological polar surface area (TPSA) is 89.7 Å². The van der Waals surface area contributed by atoms with Gasteiger partial charge in [0, 0.05) is 22.8 Å². The van der Waals surface area contributed by atoms with Crippen molar-refractivity contribution in [3.8, 4) is 22.9 Å². The number of benzene rings is 2. The normalized spacial score (nSPS) is 17.5. The SMILES string of the molecule is CC1=C(c2nc(-c3ccc4c(c3)OCO4)no2)C(c2ccc(Cl)cc2)NC(=O)N1CCC(C)C. The second-order valence-corrected chi connectivity index (χ2v) is 9.19. The van der Waals surface area contributed by atoms with E-state index in [0.29, 0.717) is 40.7 Å². The quantitative estimate of drug-likeness (QED) is 0.489. The number of halogens is 1. The largest absolute Gasteiger partial charge is 0.454 e. The molecule has 0 bridgehead atoms. The number of nitrogens with one attached hydrogen (secondary N) is 1. The Kier molecular flexibility index (Phi) is 5.91. The van der Waals surface area contributed by atoms with Crippen molar-refractivity contribution in [2.24, 2.45) is 5.92 Å². The molecule has 0 radical (unpaired) electrons. The van der Waals surface area contributed by atoms with Crippen LogP contribution in [0.5, 0.6) is 11.5 Å². The predicted molar refractivity (Wildman–Crippen MR) is 127 cm³/mol. The summed E-state index contributed by atoms with van der Waals surface area (Å²) >= 11 is 6.10. The van der Waals surface area contributed by atoms with Crippen LogP contribution < -0.4 is 14.8 Å². The van der Waals surface area contributed by atoms with Crippen LogP contribution in [-0.2, 0) is 0 Å². The molecule has 0 fully saturated rings. The van der Waals surface area contributed by atoms with Gasteiger partial charge in [0.05, 0.1) is 11.6 Å². The molecule has 3 heterocycles. The standard InChI is InChI=1S/C25H25ClN4O4/c1-14(2)10-11-30-15(3)21(22(27-25(30)31)16-4-7-18(26)8-5-16)24-28-23(29-34-24)17-6-9-19-20(12-17)33-13-32-19/h4-9,12,14,22H,10-11,13H2,1-3H3,(H,27,31). The molecule has 34 heavy (non-hydrogen) atoms. The van der Waals surface area contributed by atoms with E-state index in [4.69, 9.17) is 30.6 Å². The molecule has 176 valence electrons. The third-order valence-corrected chi connectivity index (χ3v) is 6.27. The number of rotatable bonds is 6. The van der Waals surface area contributed by atoms with Gasteiger partial charge in [-0.15, -0.1) is 0 Å². The van der Waals surface area contributed by atoms with Crippen LogP contribution in [0.4, 0.5) is 4.79 Å². The van der Waals surface area contributed by atoms with Gasteiger partial charge in [0.25, 0.3) is 5.89 Å². The summed E-state index contributed by atoms with van der Waals surface area (Å²) in [7, 11) is 0. The van der Waals surface area contributed by atoms with E-state index in [0.717, 1.165) is 28.8 Å². The Hall–Kier alpha value is -3.52. The van der Waals surface area contributed by atoms with Crippen LogP contribution >= 0.6 is 11.6 Å². The van der Waals surface area contributed by atoms with Gasteiger partial charge in [0.2, 0.25) is 12.6 Å². The van der Waals surface area contributed by atoms with Crippen LogP contribution in [-0.4, -0.2) is 34.4 Å². The average Bonchev–Trinajstić information content (AvgIpc) is 3.48. The first-order chi connectivity index (χ1) is 16.4. The van der Waals surface area contributed by atoms with Crippen molar-refractivity contribution < 1.29 is 18.8 Å². The zero-order chi connectivity index (χ0) is 23.8. The van der Waals surface area contributed by atoms with Crippen molar-refractivity contribution in [2.45, 2.75) is 33.2 Å². The molecule has 1 aromatic heterocycles. The zero-order valence-corrected chi connectivity index (χ0v) is 19.9. The molecule has 2 aromatic carbocycles. The van der Waals surface area contributed by atoms with Gasteiger partial charge >= 0.3 is 6.03 Å².